The number of hydrogen-bond donors (Lipinski definition) is 1. The van der Waals surface area contributed by atoms with Crippen LogP contribution in [-0.4, -0.2) is 36.1 Å². The van der Waals surface area contributed by atoms with E-state index in [1.54, 1.807) is 25.3 Å². The highest BCUT2D eigenvalue weighted by Crippen LogP contribution is 2.23. The molecule has 1 unspecified atom stereocenters. The maximum atomic E-state index is 12.0. The molecule has 2 heterocycles. The van der Waals surface area contributed by atoms with Crippen LogP contribution >= 0.6 is 0 Å². The first kappa shape index (κ1) is 13.2. The monoisotopic (exact) mass is 296 g/mol. The van der Waals surface area contributed by atoms with E-state index >= 15 is 0 Å². The van der Waals surface area contributed by atoms with Gasteiger partial charge in [0.2, 0.25) is 0 Å². The number of imidazole rings is 1. The maximum absolute atomic E-state index is 12.0. The molecule has 1 saturated heterocycles. The summed E-state index contributed by atoms with van der Waals surface area (Å²) >= 11 is 0. The zero-order valence-corrected chi connectivity index (χ0v) is 11.9. The van der Waals surface area contributed by atoms with Crippen molar-refractivity contribution in [1.82, 2.24) is 9.55 Å². The molecule has 1 atom stereocenters. The summed E-state index contributed by atoms with van der Waals surface area (Å²) in [6.45, 7) is 0.216. The Morgan fingerprint density at radius 3 is 2.90 bits per heavy atom. The molecule has 3 rings (SSSR count). The smallest absolute Gasteiger partial charge is 0.326 e. The van der Waals surface area contributed by atoms with E-state index in [4.69, 9.17) is 4.74 Å². The van der Waals surface area contributed by atoms with Crippen molar-refractivity contribution in [3.8, 4) is 5.75 Å². The highest BCUT2D eigenvalue weighted by atomic mass is 32.2. The lowest BCUT2D eigenvalue weighted by Gasteiger charge is -2.10. The molecule has 7 heteroatoms. The third-order valence-corrected chi connectivity index (χ3v) is 6.09. The Hall–Kier alpha value is -1.76. The molecule has 0 aliphatic carbocycles. The fourth-order valence-electron chi connectivity index (χ4n) is 2.72. The Morgan fingerprint density at radius 1 is 1.45 bits per heavy atom. The highest BCUT2D eigenvalue weighted by Gasteiger charge is 2.32. The fraction of sp³-hybridized carbons (Fsp3) is 0.462. The molecule has 20 heavy (non-hydrogen) atoms. The molecule has 108 valence electrons. The quantitative estimate of drug-likeness (QED) is 0.913. The van der Waals surface area contributed by atoms with Gasteiger partial charge < -0.3 is 9.72 Å². The molecule has 1 aliphatic rings. The normalized spacial score (nSPS) is 21.4. The van der Waals surface area contributed by atoms with E-state index in [9.17, 15) is 13.2 Å². The Kier molecular flexibility index (Phi) is 3.08. The van der Waals surface area contributed by atoms with Gasteiger partial charge in [-0.25, -0.2) is 13.2 Å². The third kappa shape index (κ3) is 2.11. The van der Waals surface area contributed by atoms with Crippen molar-refractivity contribution in [3.05, 3.63) is 28.7 Å². The van der Waals surface area contributed by atoms with Gasteiger partial charge in [-0.1, -0.05) is 0 Å². The van der Waals surface area contributed by atoms with E-state index in [2.05, 4.69) is 4.98 Å². The molecule has 1 fully saturated rings. The minimum absolute atomic E-state index is 0.216. The van der Waals surface area contributed by atoms with E-state index in [1.807, 2.05) is 0 Å². The Balaban J connectivity index is 2.04. The van der Waals surface area contributed by atoms with Gasteiger partial charge in [-0.15, -0.1) is 0 Å². The molecule has 1 N–H and O–H groups in total. The predicted molar refractivity (Wildman–Crippen MR) is 75.9 cm³/mol. The second-order valence-electron chi connectivity index (χ2n) is 5.06. The van der Waals surface area contributed by atoms with Gasteiger partial charge in [-0.05, 0) is 25.0 Å². The summed E-state index contributed by atoms with van der Waals surface area (Å²) in [5.74, 6) is 0.877. The van der Waals surface area contributed by atoms with Crippen molar-refractivity contribution in [2.75, 3.05) is 12.9 Å². The van der Waals surface area contributed by atoms with Gasteiger partial charge in [-0.2, -0.15) is 0 Å². The standard InChI is InChI=1S/C13H16N2O4S/c1-19-9-4-5-12-11(7-9)14-13(16)15(12)8-10-3-2-6-20(10,17)18/h4-5,7,10H,2-3,6,8H2,1H3,(H,14,16). The maximum Gasteiger partial charge on any atom is 0.326 e. The van der Waals surface area contributed by atoms with E-state index in [0.717, 1.165) is 0 Å². The fourth-order valence-corrected chi connectivity index (χ4v) is 4.52. The summed E-state index contributed by atoms with van der Waals surface area (Å²) < 4.78 is 30.4. The number of aromatic amines is 1. The lowest BCUT2D eigenvalue weighted by atomic mass is 10.2. The molecule has 0 bridgehead atoms. The van der Waals surface area contributed by atoms with Crippen molar-refractivity contribution in [2.24, 2.45) is 0 Å². The summed E-state index contributed by atoms with van der Waals surface area (Å²) in [4.78, 5) is 14.7. The average molecular weight is 296 g/mol. The van der Waals surface area contributed by atoms with E-state index in [1.165, 1.54) is 4.57 Å². The van der Waals surface area contributed by atoms with Crippen LogP contribution in [0.5, 0.6) is 5.75 Å². The van der Waals surface area contributed by atoms with Crippen LogP contribution in [0.3, 0.4) is 0 Å². The highest BCUT2D eigenvalue weighted by molar-refractivity contribution is 7.92. The van der Waals surface area contributed by atoms with Crippen LogP contribution in [-0.2, 0) is 16.4 Å². The number of nitrogens with one attached hydrogen (secondary N) is 1. The number of hydrogen-bond acceptors (Lipinski definition) is 4. The SMILES string of the molecule is COc1ccc2c(c1)[nH]c(=O)n2CC1CCCS1(=O)=O. The van der Waals surface area contributed by atoms with Gasteiger partial charge in [0.15, 0.2) is 9.84 Å². The number of methoxy groups -OCH3 is 1. The van der Waals surface area contributed by atoms with Gasteiger partial charge in [0, 0.05) is 12.6 Å². The Labute approximate surface area is 116 Å². The molecule has 1 aromatic heterocycles. The van der Waals surface area contributed by atoms with E-state index in [-0.39, 0.29) is 18.0 Å². The predicted octanol–water partition coefficient (Wildman–Crippen LogP) is 0.915. The molecule has 1 aliphatic heterocycles. The minimum atomic E-state index is -3.06. The number of benzene rings is 1. The van der Waals surface area contributed by atoms with E-state index in [0.29, 0.717) is 29.6 Å². The number of aromatic nitrogens is 2. The topological polar surface area (TPSA) is 81.2 Å². The van der Waals surface area contributed by atoms with Crippen LogP contribution in [0.1, 0.15) is 12.8 Å². The molecule has 0 amide bonds. The second-order valence-corrected chi connectivity index (χ2v) is 7.46. The lowest BCUT2D eigenvalue weighted by molar-refractivity contribution is 0.415. The van der Waals surface area contributed by atoms with Crippen LogP contribution in [0.15, 0.2) is 23.0 Å². The largest absolute Gasteiger partial charge is 0.497 e. The number of ether oxygens (including phenoxy) is 1. The lowest BCUT2D eigenvalue weighted by Crippen LogP contribution is -2.27. The Bertz CT molecular complexity index is 803. The average Bonchev–Trinajstić information content (AvgIpc) is 2.90. The van der Waals surface area contributed by atoms with Crippen LogP contribution < -0.4 is 10.4 Å². The van der Waals surface area contributed by atoms with Gasteiger partial charge in [0.25, 0.3) is 0 Å². The van der Waals surface area contributed by atoms with Crippen LogP contribution in [0, 0.1) is 0 Å². The number of fused-ring (bicyclic) bond motifs is 1. The summed E-state index contributed by atoms with van der Waals surface area (Å²) in [5, 5.41) is -0.457. The van der Waals surface area contributed by atoms with Crippen molar-refractivity contribution in [3.63, 3.8) is 0 Å². The molecular weight excluding hydrogens is 280 g/mol. The van der Waals surface area contributed by atoms with Crippen molar-refractivity contribution < 1.29 is 13.2 Å². The molecule has 0 spiro atoms. The summed E-state index contributed by atoms with van der Waals surface area (Å²) in [6, 6.07) is 5.26. The zero-order chi connectivity index (χ0) is 14.3. The first-order valence-corrected chi connectivity index (χ1v) is 8.21. The summed E-state index contributed by atoms with van der Waals surface area (Å²) in [6.07, 6.45) is 1.30. The zero-order valence-electron chi connectivity index (χ0n) is 11.1. The second kappa shape index (κ2) is 4.66. The van der Waals surface area contributed by atoms with Gasteiger partial charge >= 0.3 is 5.69 Å². The molecular formula is C13H16N2O4S. The number of rotatable bonds is 3. The molecule has 0 saturated carbocycles. The summed E-state index contributed by atoms with van der Waals surface area (Å²) in [5.41, 5.74) is 1.08. The first-order valence-electron chi connectivity index (χ1n) is 6.49. The van der Waals surface area contributed by atoms with Crippen molar-refractivity contribution in [1.29, 1.82) is 0 Å². The first-order chi connectivity index (χ1) is 9.51. The number of nitrogens with zero attached hydrogens (tertiary/aromatic N) is 1. The van der Waals surface area contributed by atoms with Gasteiger partial charge in [-0.3, -0.25) is 4.57 Å². The molecule has 2 aromatic rings. The van der Waals surface area contributed by atoms with Crippen molar-refractivity contribution >= 4 is 20.9 Å². The summed E-state index contributed by atoms with van der Waals surface area (Å²) in [7, 11) is -1.50. The number of sulfone groups is 1. The van der Waals surface area contributed by atoms with Crippen LogP contribution in [0.2, 0.25) is 0 Å². The van der Waals surface area contributed by atoms with Gasteiger partial charge in [0.1, 0.15) is 5.75 Å². The molecule has 6 nitrogen and oxygen atoms in total. The molecule has 0 radical (unpaired) electrons. The Morgan fingerprint density at radius 2 is 2.25 bits per heavy atom. The third-order valence-electron chi connectivity index (χ3n) is 3.83. The van der Waals surface area contributed by atoms with Crippen LogP contribution in [0.25, 0.3) is 11.0 Å². The van der Waals surface area contributed by atoms with Crippen molar-refractivity contribution in [2.45, 2.75) is 24.6 Å². The van der Waals surface area contributed by atoms with Crippen LogP contribution in [0.4, 0.5) is 0 Å². The minimum Gasteiger partial charge on any atom is -0.497 e. The van der Waals surface area contributed by atoms with E-state index < -0.39 is 15.1 Å². The van der Waals surface area contributed by atoms with Gasteiger partial charge in [0.05, 0.1) is 29.1 Å². The molecule has 1 aromatic carbocycles. The number of H-pyrrole nitrogens is 1.